The van der Waals surface area contributed by atoms with Crippen LogP contribution in [0.3, 0.4) is 0 Å². The average molecular weight is 445 g/mol. The molecule has 0 saturated heterocycles. The Balaban J connectivity index is 2.21. The Morgan fingerprint density at radius 1 is 0.962 bits per heavy atom. The Hall–Kier alpha value is -2.00. The molecule has 0 saturated carbocycles. The van der Waals surface area contributed by atoms with Crippen molar-refractivity contribution in [1.82, 2.24) is 9.97 Å². The molecule has 1 heterocycles. The second-order valence-electron chi connectivity index (χ2n) is 5.13. The molecule has 3 aromatic rings. The lowest BCUT2D eigenvalue weighted by Gasteiger charge is -2.13. The predicted octanol–water partition coefficient (Wildman–Crippen LogP) is 5.58. The van der Waals surface area contributed by atoms with E-state index in [2.05, 4.69) is 25.9 Å². The number of fused-ring (bicyclic) bond motifs is 1. The van der Waals surface area contributed by atoms with Gasteiger partial charge in [-0.25, -0.2) is 9.97 Å². The van der Waals surface area contributed by atoms with Gasteiger partial charge in [0.25, 0.3) is 0 Å². The first-order valence-corrected chi connectivity index (χ1v) is 8.87. The van der Waals surface area contributed by atoms with Gasteiger partial charge in [0, 0.05) is 20.8 Å². The molecule has 3 rings (SSSR count). The van der Waals surface area contributed by atoms with Crippen LogP contribution in [0, 0.1) is 0 Å². The molecule has 0 aliphatic carbocycles. The number of ether oxygens (including phenoxy) is 2. The number of hydrogen-bond donors (Lipinski definition) is 0. The van der Waals surface area contributed by atoms with E-state index in [1.165, 1.54) is 20.3 Å². The van der Waals surface area contributed by atoms with E-state index in [4.69, 9.17) is 9.47 Å². The van der Waals surface area contributed by atoms with Crippen molar-refractivity contribution >= 4 is 38.6 Å². The van der Waals surface area contributed by atoms with Crippen LogP contribution in [0.25, 0.3) is 10.9 Å². The van der Waals surface area contributed by atoms with Crippen LogP contribution in [0.1, 0.15) is 5.82 Å². The summed E-state index contributed by atoms with van der Waals surface area (Å²) in [6, 6.07) is 10.2. The maximum Gasteiger partial charge on any atom is 0.451 e. The smallest absolute Gasteiger partial charge is 0.451 e. The zero-order valence-corrected chi connectivity index (χ0v) is 16.0. The van der Waals surface area contributed by atoms with Gasteiger partial charge in [-0.05, 0) is 30.3 Å². The van der Waals surface area contributed by atoms with E-state index in [1.54, 1.807) is 30.3 Å². The number of methoxy groups -OCH3 is 2. The molecule has 1 aromatic heterocycles. The summed E-state index contributed by atoms with van der Waals surface area (Å²) in [6.45, 7) is 0. The summed E-state index contributed by atoms with van der Waals surface area (Å²) in [5.74, 6) is -0.510. The standard InChI is InChI=1S/C17H12BrF3N2O2S/c1-24-13-7-11-12(8-14(13)25-2)22-16(17(19,20)21)23-15(11)26-10-5-3-9(18)4-6-10/h3-8H,1-2H3. The molecule has 0 radical (unpaired) electrons. The van der Waals surface area contributed by atoms with Crippen LogP contribution in [-0.2, 0) is 6.18 Å². The van der Waals surface area contributed by atoms with Gasteiger partial charge in [-0.15, -0.1) is 0 Å². The highest BCUT2D eigenvalue weighted by Crippen LogP contribution is 2.39. The number of rotatable bonds is 4. The first kappa shape index (κ1) is 18.8. The quantitative estimate of drug-likeness (QED) is 0.491. The van der Waals surface area contributed by atoms with Gasteiger partial charge >= 0.3 is 6.18 Å². The van der Waals surface area contributed by atoms with E-state index in [1.807, 2.05) is 0 Å². The lowest BCUT2D eigenvalue weighted by atomic mass is 10.2. The molecular weight excluding hydrogens is 433 g/mol. The van der Waals surface area contributed by atoms with E-state index in [0.717, 1.165) is 21.1 Å². The van der Waals surface area contributed by atoms with Crippen molar-refractivity contribution in [2.45, 2.75) is 16.1 Å². The Morgan fingerprint density at radius 3 is 2.15 bits per heavy atom. The third-order valence-electron chi connectivity index (χ3n) is 3.45. The van der Waals surface area contributed by atoms with Crippen molar-refractivity contribution in [2.24, 2.45) is 0 Å². The molecule has 26 heavy (non-hydrogen) atoms. The minimum Gasteiger partial charge on any atom is -0.493 e. The number of benzene rings is 2. The zero-order chi connectivity index (χ0) is 18.9. The van der Waals surface area contributed by atoms with Gasteiger partial charge in [0.2, 0.25) is 5.82 Å². The van der Waals surface area contributed by atoms with Crippen LogP contribution < -0.4 is 9.47 Å². The van der Waals surface area contributed by atoms with Gasteiger partial charge in [0.05, 0.1) is 19.7 Å². The summed E-state index contributed by atoms with van der Waals surface area (Å²) in [7, 11) is 2.86. The van der Waals surface area contributed by atoms with Gasteiger partial charge in [-0.2, -0.15) is 13.2 Å². The molecule has 0 atom stereocenters. The number of alkyl halides is 3. The summed E-state index contributed by atoms with van der Waals surface area (Å²) in [4.78, 5) is 8.14. The van der Waals surface area contributed by atoms with Crippen LogP contribution in [-0.4, -0.2) is 24.2 Å². The fourth-order valence-corrected chi connectivity index (χ4v) is 3.41. The van der Waals surface area contributed by atoms with Crippen molar-refractivity contribution in [3.63, 3.8) is 0 Å². The topological polar surface area (TPSA) is 44.2 Å². The molecule has 0 spiro atoms. The molecule has 0 fully saturated rings. The van der Waals surface area contributed by atoms with Gasteiger partial charge in [-0.1, -0.05) is 27.7 Å². The molecule has 0 amide bonds. The lowest BCUT2D eigenvalue weighted by Crippen LogP contribution is -2.12. The second kappa shape index (κ2) is 7.32. The highest BCUT2D eigenvalue weighted by atomic mass is 79.9. The first-order chi connectivity index (χ1) is 12.3. The van der Waals surface area contributed by atoms with Gasteiger partial charge < -0.3 is 9.47 Å². The minimum atomic E-state index is -4.66. The molecule has 9 heteroatoms. The number of nitrogens with zero attached hydrogens (tertiary/aromatic N) is 2. The van der Waals surface area contributed by atoms with Gasteiger partial charge in [-0.3, -0.25) is 0 Å². The van der Waals surface area contributed by atoms with Crippen molar-refractivity contribution in [3.8, 4) is 11.5 Å². The summed E-state index contributed by atoms with van der Waals surface area (Å²) in [5, 5.41) is 0.633. The first-order valence-electron chi connectivity index (χ1n) is 7.26. The van der Waals surface area contributed by atoms with Crippen molar-refractivity contribution in [3.05, 3.63) is 46.7 Å². The molecule has 0 unspecified atom stereocenters. The fraction of sp³-hybridized carbons (Fsp3) is 0.176. The van der Waals surface area contributed by atoms with Crippen LogP contribution in [0.2, 0.25) is 0 Å². The Bertz CT molecular complexity index is 949. The summed E-state index contributed by atoms with van der Waals surface area (Å²) >= 11 is 4.45. The average Bonchev–Trinajstić information content (AvgIpc) is 2.61. The summed E-state index contributed by atoms with van der Waals surface area (Å²) < 4.78 is 50.9. The van der Waals surface area contributed by atoms with Crippen LogP contribution >= 0.6 is 27.7 Å². The monoisotopic (exact) mass is 444 g/mol. The van der Waals surface area contributed by atoms with Crippen molar-refractivity contribution in [2.75, 3.05) is 14.2 Å². The number of hydrogen-bond acceptors (Lipinski definition) is 5. The molecule has 136 valence electrons. The molecular formula is C17H12BrF3N2O2S. The molecule has 0 N–H and O–H groups in total. The van der Waals surface area contributed by atoms with Gasteiger partial charge in [0.15, 0.2) is 11.5 Å². The highest BCUT2D eigenvalue weighted by Gasteiger charge is 2.35. The Kier molecular flexibility index (Phi) is 5.29. The van der Waals surface area contributed by atoms with Crippen LogP contribution in [0.5, 0.6) is 11.5 Å². The van der Waals surface area contributed by atoms with E-state index in [-0.39, 0.29) is 10.5 Å². The predicted molar refractivity (Wildman–Crippen MR) is 95.9 cm³/mol. The zero-order valence-electron chi connectivity index (χ0n) is 13.6. The third-order valence-corrected chi connectivity index (χ3v) is 4.99. The fourth-order valence-electron chi connectivity index (χ4n) is 2.25. The third kappa shape index (κ3) is 3.88. The second-order valence-corrected chi connectivity index (χ2v) is 7.11. The van der Waals surface area contributed by atoms with E-state index in [9.17, 15) is 13.2 Å². The van der Waals surface area contributed by atoms with E-state index >= 15 is 0 Å². The molecule has 0 aliphatic heterocycles. The highest BCUT2D eigenvalue weighted by molar-refractivity contribution is 9.10. The SMILES string of the molecule is COc1cc2nc(C(F)(F)F)nc(Sc3ccc(Br)cc3)c2cc1OC. The maximum atomic E-state index is 13.2. The molecule has 4 nitrogen and oxygen atoms in total. The van der Waals surface area contributed by atoms with Crippen molar-refractivity contribution in [1.29, 1.82) is 0 Å². The van der Waals surface area contributed by atoms with Gasteiger partial charge in [0.1, 0.15) is 5.03 Å². The van der Waals surface area contributed by atoms with Crippen LogP contribution in [0.4, 0.5) is 13.2 Å². The lowest BCUT2D eigenvalue weighted by molar-refractivity contribution is -0.145. The Labute approximate surface area is 159 Å². The van der Waals surface area contributed by atoms with E-state index < -0.39 is 12.0 Å². The molecule has 0 aliphatic rings. The van der Waals surface area contributed by atoms with Crippen molar-refractivity contribution < 1.29 is 22.6 Å². The summed E-state index contributed by atoms with van der Waals surface area (Å²) in [5.41, 5.74) is 0.129. The number of halogens is 4. The number of aromatic nitrogens is 2. The molecule has 0 bridgehead atoms. The summed E-state index contributed by atoms with van der Waals surface area (Å²) in [6.07, 6.45) is -4.66. The largest absolute Gasteiger partial charge is 0.493 e. The van der Waals surface area contributed by atoms with Crippen LogP contribution in [0.15, 0.2) is 50.8 Å². The molecule has 2 aromatic carbocycles. The Morgan fingerprint density at radius 2 is 1.58 bits per heavy atom. The van der Waals surface area contributed by atoms with E-state index in [0.29, 0.717) is 16.9 Å². The normalized spacial score (nSPS) is 11.6. The minimum absolute atomic E-state index is 0.129. The maximum absolute atomic E-state index is 13.2.